The molecule has 0 N–H and O–H groups in total. The lowest BCUT2D eigenvalue weighted by atomic mass is 10.1. The molecule has 0 aliphatic rings. The summed E-state index contributed by atoms with van der Waals surface area (Å²) in [6.45, 7) is -0.758. The highest BCUT2D eigenvalue weighted by molar-refractivity contribution is 7.79. The van der Waals surface area contributed by atoms with Crippen molar-refractivity contribution in [3.8, 4) is 0 Å². The van der Waals surface area contributed by atoms with Crippen LogP contribution in [0, 0.1) is 0 Å². The second-order valence-electron chi connectivity index (χ2n) is 2.18. The molecule has 0 bridgehead atoms. The predicted molar refractivity (Wildman–Crippen MR) is 48.5 cm³/mol. The van der Waals surface area contributed by atoms with E-state index in [0.29, 0.717) is 6.42 Å². The summed E-state index contributed by atoms with van der Waals surface area (Å²) in [5, 5.41) is 0. The van der Waals surface area contributed by atoms with Gasteiger partial charge >= 0.3 is 0 Å². The second kappa shape index (κ2) is 3.67. The smallest absolute Gasteiger partial charge is 0.0234 e. The SMILES string of the molecule is [2H]C([3H])Cc1ccc(CS)cc1. The van der Waals surface area contributed by atoms with E-state index < -0.39 is 6.88 Å². The molecule has 0 saturated carbocycles. The molecule has 1 rings (SSSR count). The van der Waals surface area contributed by atoms with Crippen molar-refractivity contribution in [3.05, 3.63) is 35.4 Å². The molecular formula is C9H12S. The third kappa shape index (κ3) is 1.77. The molecule has 0 aliphatic heterocycles. The summed E-state index contributed by atoms with van der Waals surface area (Å²) in [6.07, 6.45) is 0.507. The minimum Gasteiger partial charge on any atom is -0.175 e. The van der Waals surface area contributed by atoms with Crippen molar-refractivity contribution in [3.63, 3.8) is 0 Å². The van der Waals surface area contributed by atoms with Crippen molar-refractivity contribution in [1.29, 1.82) is 0 Å². The largest absolute Gasteiger partial charge is 0.175 e. The standard InChI is InChI=1S/C9H12S/c1-2-8-3-5-9(7-10)6-4-8/h3-6,10H,2,7H2,1H3/i1TD. The monoisotopic (exact) mass is 155 g/mol. The number of hydrogen-bond acceptors (Lipinski definition) is 1. The molecule has 0 radical (unpaired) electrons. The molecule has 0 fully saturated rings. The molecular weight excluding hydrogens is 140 g/mol. The summed E-state index contributed by atoms with van der Waals surface area (Å²) >= 11 is 4.14. The molecule has 0 spiro atoms. The maximum atomic E-state index is 7.07. The Kier molecular flexibility index (Phi) is 1.93. The molecule has 0 amide bonds. The molecule has 54 valence electrons. The summed E-state index contributed by atoms with van der Waals surface area (Å²) in [6, 6.07) is 7.90. The van der Waals surface area contributed by atoms with Crippen LogP contribution >= 0.6 is 12.6 Å². The van der Waals surface area contributed by atoms with Gasteiger partial charge in [0.25, 0.3) is 0 Å². The first-order valence-corrected chi connectivity index (χ1v) is 3.89. The normalized spacial score (nSPS) is 15.7. The average Bonchev–Trinajstić information content (AvgIpc) is 2.05. The Morgan fingerprint density at radius 3 is 2.60 bits per heavy atom. The van der Waals surface area contributed by atoms with Crippen LogP contribution in [0.4, 0.5) is 0 Å². The van der Waals surface area contributed by atoms with E-state index >= 15 is 0 Å². The molecule has 0 aromatic heterocycles. The van der Waals surface area contributed by atoms with Crippen LogP contribution in [0.15, 0.2) is 24.3 Å². The number of thiol groups is 1. The summed E-state index contributed by atoms with van der Waals surface area (Å²) < 4.78 is 14.1. The van der Waals surface area contributed by atoms with E-state index in [2.05, 4.69) is 12.6 Å². The molecule has 10 heavy (non-hydrogen) atoms. The van der Waals surface area contributed by atoms with Crippen molar-refractivity contribution in [2.45, 2.75) is 19.0 Å². The molecule has 1 heteroatoms. The van der Waals surface area contributed by atoms with Crippen molar-refractivity contribution in [1.82, 2.24) is 0 Å². The Morgan fingerprint density at radius 2 is 2.10 bits per heavy atom. The van der Waals surface area contributed by atoms with Gasteiger partial charge in [-0.15, -0.1) is 0 Å². The summed E-state index contributed by atoms with van der Waals surface area (Å²) in [5.41, 5.74) is 2.23. The van der Waals surface area contributed by atoms with Crippen LogP contribution in [0.25, 0.3) is 0 Å². The van der Waals surface area contributed by atoms with Crippen LogP contribution in [0.1, 0.15) is 20.7 Å². The van der Waals surface area contributed by atoms with E-state index in [1.807, 2.05) is 24.3 Å². The highest BCUT2D eigenvalue weighted by atomic mass is 32.1. The number of rotatable bonds is 2. The van der Waals surface area contributed by atoms with Gasteiger partial charge in [0.15, 0.2) is 0 Å². The van der Waals surface area contributed by atoms with E-state index in [1.54, 1.807) is 0 Å². The van der Waals surface area contributed by atoms with Crippen LogP contribution in [0.3, 0.4) is 0 Å². The number of benzene rings is 1. The van der Waals surface area contributed by atoms with E-state index in [0.717, 1.165) is 11.3 Å². The zero-order valence-electron chi connectivity index (χ0n) is 7.75. The van der Waals surface area contributed by atoms with E-state index in [1.165, 1.54) is 5.56 Å². The fourth-order valence-corrected chi connectivity index (χ4v) is 0.992. The van der Waals surface area contributed by atoms with Crippen LogP contribution < -0.4 is 0 Å². The molecule has 0 nitrogen and oxygen atoms in total. The van der Waals surface area contributed by atoms with Gasteiger partial charge in [0, 0.05) is 8.49 Å². The van der Waals surface area contributed by atoms with Crippen molar-refractivity contribution in [2.24, 2.45) is 0 Å². The first-order chi connectivity index (χ1) is 5.72. The summed E-state index contributed by atoms with van der Waals surface area (Å²) in [5.74, 6) is 0.742. The van der Waals surface area contributed by atoms with Gasteiger partial charge in [-0.3, -0.25) is 0 Å². The van der Waals surface area contributed by atoms with Gasteiger partial charge in [-0.1, -0.05) is 31.1 Å². The van der Waals surface area contributed by atoms with Crippen LogP contribution in [-0.2, 0) is 12.2 Å². The van der Waals surface area contributed by atoms with E-state index in [4.69, 9.17) is 2.74 Å². The quantitative estimate of drug-likeness (QED) is 0.624. The van der Waals surface area contributed by atoms with Gasteiger partial charge in [0.2, 0.25) is 0 Å². The first-order valence-electron chi connectivity index (χ1n) is 4.41. The molecule has 1 atom stereocenters. The van der Waals surface area contributed by atoms with Crippen LogP contribution in [-0.4, -0.2) is 0 Å². The number of hydrogen-bond donors (Lipinski definition) is 1. The lowest BCUT2D eigenvalue weighted by Gasteiger charge is -1.97. The van der Waals surface area contributed by atoms with Gasteiger partial charge in [-0.2, -0.15) is 12.6 Å². The minimum absolute atomic E-state index is 0.507. The Balaban J connectivity index is 2.65. The van der Waals surface area contributed by atoms with Crippen molar-refractivity contribution < 1.29 is 2.74 Å². The van der Waals surface area contributed by atoms with E-state index in [9.17, 15) is 0 Å². The van der Waals surface area contributed by atoms with E-state index in [-0.39, 0.29) is 0 Å². The van der Waals surface area contributed by atoms with Crippen LogP contribution in [0.5, 0.6) is 0 Å². The molecule has 1 aromatic rings. The average molecular weight is 155 g/mol. The van der Waals surface area contributed by atoms with Gasteiger partial charge in [-0.25, -0.2) is 0 Å². The van der Waals surface area contributed by atoms with Gasteiger partial charge in [0.1, 0.15) is 0 Å². The fourth-order valence-electron chi connectivity index (χ4n) is 0.781. The first kappa shape index (κ1) is 5.25. The van der Waals surface area contributed by atoms with Crippen molar-refractivity contribution >= 4 is 12.6 Å². The summed E-state index contributed by atoms with van der Waals surface area (Å²) in [7, 11) is 0. The van der Waals surface area contributed by atoms with Gasteiger partial charge in [0.05, 0.1) is 0 Å². The topological polar surface area (TPSA) is 0 Å². The maximum Gasteiger partial charge on any atom is 0.0234 e. The van der Waals surface area contributed by atoms with Gasteiger partial charge < -0.3 is 0 Å². The highest BCUT2D eigenvalue weighted by Gasteiger charge is 1.88. The lowest BCUT2D eigenvalue weighted by molar-refractivity contribution is 1.13. The Labute approximate surface area is 70.5 Å². The fraction of sp³-hybridized carbons (Fsp3) is 0.333. The zero-order valence-corrected chi connectivity index (χ0v) is 6.64. The second-order valence-corrected chi connectivity index (χ2v) is 2.49. The molecule has 1 aromatic carbocycles. The minimum atomic E-state index is -0.758. The Morgan fingerprint density at radius 1 is 1.50 bits per heavy atom. The third-order valence-electron chi connectivity index (χ3n) is 1.44. The lowest BCUT2D eigenvalue weighted by Crippen LogP contribution is -1.80. The highest BCUT2D eigenvalue weighted by Crippen LogP contribution is 2.06. The molecule has 0 aliphatic carbocycles. The summed E-state index contributed by atoms with van der Waals surface area (Å²) in [4.78, 5) is 0. The van der Waals surface area contributed by atoms with Crippen LogP contribution in [0.2, 0.25) is 0 Å². The molecule has 0 saturated heterocycles. The molecule has 0 heterocycles. The predicted octanol–water partition coefficient (Wildman–Crippen LogP) is 2.68. The Hall–Kier alpha value is -0.430. The van der Waals surface area contributed by atoms with Crippen molar-refractivity contribution in [2.75, 3.05) is 0 Å². The maximum absolute atomic E-state index is 7.07. The Bertz CT molecular complexity index is 231. The third-order valence-corrected chi connectivity index (χ3v) is 1.81. The molecule has 1 unspecified atom stereocenters. The zero-order chi connectivity index (χ0) is 8.97. The number of aryl methyl sites for hydroxylation is 1. The van der Waals surface area contributed by atoms with Gasteiger partial charge in [-0.05, 0) is 17.5 Å².